The van der Waals surface area contributed by atoms with E-state index in [1.54, 1.807) is 0 Å². The lowest BCUT2D eigenvalue weighted by atomic mass is 9.92. The number of aliphatic imine (C=N–C) groups is 1. The van der Waals surface area contributed by atoms with Crippen molar-refractivity contribution in [2.45, 2.75) is 0 Å². The van der Waals surface area contributed by atoms with Crippen LogP contribution in [0.5, 0.6) is 0 Å². The molecule has 7 aromatic rings. The van der Waals surface area contributed by atoms with Gasteiger partial charge in [-0.05, 0) is 86.6 Å². The van der Waals surface area contributed by atoms with E-state index >= 15 is 0 Å². The summed E-state index contributed by atoms with van der Waals surface area (Å²) >= 11 is 0. The van der Waals surface area contributed by atoms with Gasteiger partial charge in [-0.1, -0.05) is 140 Å². The molecule has 0 fully saturated rings. The van der Waals surface area contributed by atoms with Crippen LogP contribution in [0.15, 0.2) is 199 Å². The first-order valence-corrected chi connectivity index (χ1v) is 16.9. The molecule has 0 spiro atoms. The molecular formula is C47H35N3. The van der Waals surface area contributed by atoms with E-state index in [4.69, 9.17) is 9.98 Å². The van der Waals surface area contributed by atoms with Crippen molar-refractivity contribution in [3.8, 4) is 33.4 Å². The quantitative estimate of drug-likeness (QED) is 0.203. The molecular weight excluding hydrogens is 607 g/mol. The summed E-state index contributed by atoms with van der Waals surface area (Å²) in [5.74, 6) is 0. The number of aromatic nitrogens is 1. The first-order valence-electron chi connectivity index (χ1n) is 16.9. The van der Waals surface area contributed by atoms with Gasteiger partial charge in [0.1, 0.15) is 0 Å². The van der Waals surface area contributed by atoms with Crippen molar-refractivity contribution in [3.05, 3.63) is 206 Å². The number of hydrogen-bond acceptors (Lipinski definition) is 3. The summed E-state index contributed by atoms with van der Waals surface area (Å²) in [5, 5.41) is 7.22. The predicted octanol–water partition coefficient (Wildman–Crippen LogP) is 11.4. The molecule has 0 saturated heterocycles. The molecule has 0 unspecified atom stereocenters. The van der Waals surface area contributed by atoms with Gasteiger partial charge >= 0.3 is 0 Å². The van der Waals surface area contributed by atoms with Crippen molar-refractivity contribution in [3.63, 3.8) is 0 Å². The number of benzene rings is 6. The van der Waals surface area contributed by atoms with Crippen molar-refractivity contribution in [1.82, 2.24) is 10.3 Å². The van der Waals surface area contributed by atoms with Gasteiger partial charge in [0.2, 0.25) is 0 Å². The molecule has 0 amide bonds. The maximum atomic E-state index is 5.08. The maximum absolute atomic E-state index is 5.08. The Hall–Kier alpha value is -6.58. The zero-order valence-corrected chi connectivity index (χ0v) is 27.6. The monoisotopic (exact) mass is 641 g/mol. The van der Waals surface area contributed by atoms with Crippen molar-refractivity contribution in [2.24, 2.45) is 4.99 Å². The molecule has 3 nitrogen and oxygen atoms in total. The molecule has 3 heteroatoms. The number of allylic oxidation sites excluding steroid dienone is 5. The summed E-state index contributed by atoms with van der Waals surface area (Å²) in [5.41, 5.74) is 11.7. The van der Waals surface area contributed by atoms with E-state index in [1.165, 1.54) is 21.9 Å². The van der Waals surface area contributed by atoms with Crippen LogP contribution < -0.4 is 5.32 Å². The van der Waals surface area contributed by atoms with E-state index in [2.05, 4.69) is 157 Å². The Kier molecular flexibility index (Phi) is 8.77. The van der Waals surface area contributed by atoms with Gasteiger partial charge in [0.25, 0.3) is 0 Å². The standard InChI is InChI=1S/C47H35N3/c1-2-9-26-48-45(37-23-20-36(21-24-37)34-13-5-4-6-14-34)33-46(49-27-10-3-1)43-31-41(40-25-22-35-15-7-8-16-39(35)29-40)30-42(32-43)44-19-11-17-38-18-12-28-50-47(38)44/h1-25,27-33,48H,26H2/b3-1?,9-2+,27-10?,45-33-,49-46?. The molecule has 0 saturated carbocycles. The van der Waals surface area contributed by atoms with Gasteiger partial charge in [-0.3, -0.25) is 9.98 Å². The number of hydrogen-bond donors (Lipinski definition) is 1. The van der Waals surface area contributed by atoms with Gasteiger partial charge in [0, 0.05) is 41.2 Å². The molecule has 1 aliphatic rings. The first kappa shape index (κ1) is 30.7. The first-order chi connectivity index (χ1) is 24.8. The number of nitrogens with zero attached hydrogens (tertiary/aromatic N) is 2. The topological polar surface area (TPSA) is 37.3 Å². The van der Waals surface area contributed by atoms with Gasteiger partial charge in [-0.15, -0.1) is 0 Å². The van der Waals surface area contributed by atoms with Crippen molar-refractivity contribution in [1.29, 1.82) is 0 Å². The Morgan fingerprint density at radius 1 is 0.460 bits per heavy atom. The van der Waals surface area contributed by atoms with E-state index in [-0.39, 0.29) is 0 Å². The normalized spacial score (nSPS) is 15.0. The molecule has 0 atom stereocenters. The highest BCUT2D eigenvalue weighted by Gasteiger charge is 2.14. The highest BCUT2D eigenvalue weighted by Crippen LogP contribution is 2.34. The Balaban J connectivity index is 1.30. The van der Waals surface area contributed by atoms with E-state index in [0.29, 0.717) is 6.54 Å². The molecule has 50 heavy (non-hydrogen) atoms. The minimum atomic E-state index is 0.678. The third-order valence-electron chi connectivity index (χ3n) is 9.02. The van der Waals surface area contributed by atoms with Crippen LogP contribution in [0.2, 0.25) is 0 Å². The number of pyridine rings is 1. The van der Waals surface area contributed by atoms with E-state index < -0.39 is 0 Å². The lowest BCUT2D eigenvalue weighted by Gasteiger charge is -2.15. The second-order valence-corrected chi connectivity index (χ2v) is 12.3. The Bertz CT molecular complexity index is 2460. The average molecular weight is 642 g/mol. The fourth-order valence-electron chi connectivity index (χ4n) is 6.46. The third-order valence-corrected chi connectivity index (χ3v) is 9.02. The zero-order valence-electron chi connectivity index (χ0n) is 27.6. The van der Waals surface area contributed by atoms with Crippen molar-refractivity contribution < 1.29 is 0 Å². The molecule has 0 radical (unpaired) electrons. The van der Waals surface area contributed by atoms with Gasteiger partial charge in [0.15, 0.2) is 0 Å². The van der Waals surface area contributed by atoms with Gasteiger partial charge < -0.3 is 5.32 Å². The summed E-state index contributed by atoms with van der Waals surface area (Å²) in [4.78, 5) is 9.89. The Morgan fingerprint density at radius 2 is 1.16 bits per heavy atom. The zero-order chi connectivity index (χ0) is 33.5. The second kappa shape index (κ2) is 14.3. The van der Waals surface area contributed by atoms with Crippen LogP contribution in [0.4, 0.5) is 0 Å². The van der Waals surface area contributed by atoms with E-state index in [0.717, 1.165) is 55.7 Å². The van der Waals surface area contributed by atoms with Crippen molar-refractivity contribution >= 4 is 33.1 Å². The van der Waals surface area contributed by atoms with Crippen LogP contribution in [-0.2, 0) is 0 Å². The summed E-state index contributed by atoms with van der Waals surface area (Å²) in [6.07, 6.45) is 16.1. The predicted molar refractivity (Wildman–Crippen MR) is 212 cm³/mol. The summed E-state index contributed by atoms with van der Waals surface area (Å²) in [6.45, 7) is 0.678. The van der Waals surface area contributed by atoms with Crippen LogP contribution in [0, 0.1) is 0 Å². The van der Waals surface area contributed by atoms with Crippen LogP contribution in [0.3, 0.4) is 0 Å². The fourth-order valence-corrected chi connectivity index (χ4v) is 6.46. The van der Waals surface area contributed by atoms with Crippen LogP contribution >= 0.6 is 0 Å². The van der Waals surface area contributed by atoms with E-state index in [9.17, 15) is 0 Å². The molecule has 1 aromatic heterocycles. The second-order valence-electron chi connectivity index (χ2n) is 12.3. The number of rotatable bonds is 5. The van der Waals surface area contributed by atoms with Crippen LogP contribution in [0.25, 0.3) is 60.8 Å². The fraction of sp³-hybridized carbons (Fsp3) is 0.0213. The van der Waals surface area contributed by atoms with Crippen LogP contribution in [-0.4, -0.2) is 17.2 Å². The van der Waals surface area contributed by atoms with Gasteiger partial charge in [0.05, 0.1) is 11.2 Å². The Labute approximate surface area is 293 Å². The van der Waals surface area contributed by atoms with Gasteiger partial charge in [-0.2, -0.15) is 0 Å². The molecule has 0 bridgehead atoms. The summed E-state index contributed by atoms with van der Waals surface area (Å²) in [6, 6.07) is 51.7. The minimum absolute atomic E-state index is 0.678. The van der Waals surface area contributed by atoms with E-state index in [1.807, 2.05) is 42.8 Å². The highest BCUT2D eigenvalue weighted by molar-refractivity contribution is 6.14. The summed E-state index contributed by atoms with van der Waals surface area (Å²) < 4.78 is 0. The highest BCUT2D eigenvalue weighted by atomic mass is 14.9. The largest absolute Gasteiger partial charge is 0.381 e. The summed E-state index contributed by atoms with van der Waals surface area (Å²) in [7, 11) is 0. The molecule has 238 valence electrons. The van der Waals surface area contributed by atoms with Crippen LogP contribution in [0.1, 0.15) is 11.1 Å². The smallest absolute Gasteiger partial charge is 0.0780 e. The number of fused-ring (bicyclic) bond motifs is 2. The van der Waals surface area contributed by atoms with Crippen molar-refractivity contribution in [2.75, 3.05) is 6.54 Å². The number of nitrogens with one attached hydrogen (secondary N) is 1. The molecule has 2 heterocycles. The Morgan fingerprint density at radius 3 is 2.06 bits per heavy atom. The third kappa shape index (κ3) is 6.71. The minimum Gasteiger partial charge on any atom is -0.381 e. The van der Waals surface area contributed by atoms with Gasteiger partial charge in [-0.25, -0.2) is 0 Å². The molecule has 8 rings (SSSR count). The lowest BCUT2D eigenvalue weighted by molar-refractivity contribution is 1.01. The molecule has 1 aliphatic heterocycles. The maximum Gasteiger partial charge on any atom is 0.0780 e. The average Bonchev–Trinajstić information content (AvgIpc) is 3.18. The molecule has 6 aromatic carbocycles. The lowest BCUT2D eigenvalue weighted by Crippen LogP contribution is -2.14. The molecule has 1 N–H and O–H groups in total. The number of para-hydroxylation sites is 1. The molecule has 0 aliphatic carbocycles. The SMILES string of the molecule is C1=C/C=C/CN/C(c2ccc(-c3ccccc3)cc2)=C\C(c2cc(-c3ccc4ccccc4c3)cc(-c3cccc4cccnc34)c2)=NC=C1.